The second-order valence-electron chi connectivity index (χ2n) is 6.81. The molecule has 8 heteroatoms. The summed E-state index contributed by atoms with van der Waals surface area (Å²) >= 11 is 0. The highest BCUT2D eigenvalue weighted by atomic mass is 19.1. The Balaban J connectivity index is 1.71. The van der Waals surface area contributed by atoms with Crippen molar-refractivity contribution in [3.05, 3.63) is 42.1 Å². The SMILES string of the molecule is CCc1nc(N2CC[C@@H](F)C2)ncc1-n1c2ccc(F)cc2c2[nH]ncc21. The molecule has 0 saturated carbocycles. The molecule has 4 heterocycles. The van der Waals surface area contributed by atoms with Gasteiger partial charge in [0.1, 0.15) is 12.0 Å². The number of aryl methyl sites for hydroxylation is 1. The van der Waals surface area contributed by atoms with E-state index in [-0.39, 0.29) is 5.82 Å². The molecule has 1 saturated heterocycles. The zero-order valence-corrected chi connectivity index (χ0v) is 14.8. The first-order valence-corrected chi connectivity index (χ1v) is 9.04. The molecule has 0 aliphatic carbocycles. The van der Waals surface area contributed by atoms with Crippen LogP contribution in [0, 0.1) is 5.82 Å². The van der Waals surface area contributed by atoms with Crippen molar-refractivity contribution in [3.63, 3.8) is 0 Å². The number of nitrogens with one attached hydrogen (secondary N) is 1. The first-order valence-electron chi connectivity index (χ1n) is 9.04. The van der Waals surface area contributed by atoms with Gasteiger partial charge in [0.15, 0.2) is 0 Å². The Bertz CT molecular complexity index is 1150. The van der Waals surface area contributed by atoms with Gasteiger partial charge in [0, 0.05) is 11.9 Å². The molecule has 0 unspecified atom stereocenters. The van der Waals surface area contributed by atoms with Crippen LogP contribution in [0.1, 0.15) is 19.0 Å². The highest BCUT2D eigenvalue weighted by Crippen LogP contribution is 2.32. The summed E-state index contributed by atoms with van der Waals surface area (Å²) in [5.74, 6) is 0.259. The molecule has 4 aromatic rings. The van der Waals surface area contributed by atoms with Gasteiger partial charge < -0.3 is 9.47 Å². The molecule has 1 aliphatic rings. The molecule has 0 radical (unpaired) electrons. The van der Waals surface area contributed by atoms with Gasteiger partial charge in [-0.2, -0.15) is 5.10 Å². The van der Waals surface area contributed by atoms with Gasteiger partial charge in [-0.25, -0.2) is 18.7 Å². The van der Waals surface area contributed by atoms with Crippen molar-refractivity contribution in [1.82, 2.24) is 24.7 Å². The summed E-state index contributed by atoms with van der Waals surface area (Å²) in [6, 6.07) is 4.69. The smallest absolute Gasteiger partial charge is 0.225 e. The van der Waals surface area contributed by atoms with Crippen LogP contribution in [0.3, 0.4) is 0 Å². The lowest BCUT2D eigenvalue weighted by Gasteiger charge is -2.18. The Hall–Kier alpha value is -3.03. The average molecular weight is 368 g/mol. The summed E-state index contributed by atoms with van der Waals surface area (Å²) in [7, 11) is 0. The van der Waals surface area contributed by atoms with Crippen LogP contribution in [0.2, 0.25) is 0 Å². The Morgan fingerprint density at radius 2 is 2.15 bits per heavy atom. The lowest BCUT2D eigenvalue weighted by molar-refractivity contribution is 0.364. The maximum atomic E-state index is 13.8. The van der Waals surface area contributed by atoms with Gasteiger partial charge in [-0.1, -0.05) is 6.92 Å². The van der Waals surface area contributed by atoms with E-state index in [0.29, 0.717) is 31.9 Å². The second kappa shape index (κ2) is 6.00. The minimum absolute atomic E-state index is 0.298. The van der Waals surface area contributed by atoms with Gasteiger partial charge in [-0.05, 0) is 31.0 Å². The highest BCUT2D eigenvalue weighted by Gasteiger charge is 2.25. The summed E-state index contributed by atoms with van der Waals surface area (Å²) in [4.78, 5) is 11.1. The van der Waals surface area contributed by atoms with E-state index in [9.17, 15) is 8.78 Å². The maximum Gasteiger partial charge on any atom is 0.225 e. The number of benzene rings is 1. The van der Waals surface area contributed by atoms with Crippen LogP contribution >= 0.6 is 0 Å². The van der Waals surface area contributed by atoms with Crippen LogP contribution in [0.4, 0.5) is 14.7 Å². The predicted molar refractivity (Wildman–Crippen MR) is 99.6 cm³/mol. The van der Waals surface area contributed by atoms with Gasteiger partial charge in [0.25, 0.3) is 0 Å². The minimum Gasteiger partial charge on any atom is -0.338 e. The largest absolute Gasteiger partial charge is 0.338 e. The van der Waals surface area contributed by atoms with Crippen LogP contribution in [0.25, 0.3) is 27.6 Å². The topological polar surface area (TPSA) is 62.6 Å². The fourth-order valence-electron chi connectivity index (χ4n) is 3.84. The molecule has 0 amide bonds. The third-order valence-electron chi connectivity index (χ3n) is 5.15. The number of anilines is 1. The Labute approximate surface area is 153 Å². The second-order valence-corrected chi connectivity index (χ2v) is 6.81. The number of aromatic amines is 1. The molecule has 0 bridgehead atoms. The number of halogens is 2. The monoisotopic (exact) mass is 368 g/mol. The fourth-order valence-corrected chi connectivity index (χ4v) is 3.84. The summed E-state index contributed by atoms with van der Waals surface area (Å²) in [5.41, 5.74) is 4.15. The van der Waals surface area contributed by atoms with Gasteiger partial charge in [-0.15, -0.1) is 0 Å². The molecule has 1 N–H and O–H groups in total. The normalized spacial score (nSPS) is 17.4. The van der Waals surface area contributed by atoms with E-state index in [1.165, 1.54) is 12.1 Å². The predicted octanol–water partition coefficient (Wildman–Crippen LogP) is 3.55. The molecule has 1 atom stereocenters. The summed E-state index contributed by atoms with van der Waals surface area (Å²) in [6.07, 6.45) is 3.86. The van der Waals surface area contributed by atoms with E-state index in [4.69, 9.17) is 4.98 Å². The van der Waals surface area contributed by atoms with Crippen LogP contribution in [-0.2, 0) is 6.42 Å². The van der Waals surface area contributed by atoms with E-state index in [0.717, 1.165) is 33.3 Å². The van der Waals surface area contributed by atoms with Gasteiger partial charge in [0.2, 0.25) is 5.95 Å². The molecule has 138 valence electrons. The number of aromatic nitrogens is 5. The minimum atomic E-state index is -0.827. The molecular weight excluding hydrogens is 350 g/mol. The van der Waals surface area contributed by atoms with E-state index in [1.54, 1.807) is 18.5 Å². The number of alkyl halides is 1. The fraction of sp³-hybridized carbons (Fsp3) is 0.316. The van der Waals surface area contributed by atoms with Crippen LogP contribution < -0.4 is 4.90 Å². The number of hydrogen-bond acceptors (Lipinski definition) is 4. The highest BCUT2D eigenvalue weighted by molar-refractivity contribution is 6.06. The zero-order chi connectivity index (χ0) is 18.5. The quantitative estimate of drug-likeness (QED) is 0.601. The Morgan fingerprint density at radius 1 is 1.26 bits per heavy atom. The lowest BCUT2D eigenvalue weighted by Crippen LogP contribution is -2.23. The maximum absolute atomic E-state index is 13.8. The van der Waals surface area contributed by atoms with E-state index in [1.807, 2.05) is 16.4 Å². The summed E-state index contributed by atoms with van der Waals surface area (Å²) in [6.45, 7) is 2.98. The van der Waals surface area contributed by atoms with Gasteiger partial charge in [-0.3, -0.25) is 5.10 Å². The molecular formula is C19H18F2N6. The number of nitrogens with zero attached hydrogens (tertiary/aromatic N) is 5. The van der Waals surface area contributed by atoms with E-state index < -0.39 is 6.17 Å². The van der Waals surface area contributed by atoms with E-state index in [2.05, 4.69) is 15.2 Å². The van der Waals surface area contributed by atoms with Crippen molar-refractivity contribution in [2.75, 3.05) is 18.0 Å². The molecule has 5 rings (SSSR count). The molecule has 6 nitrogen and oxygen atoms in total. The summed E-state index contributed by atoms with van der Waals surface area (Å²) in [5, 5.41) is 7.82. The van der Waals surface area contributed by atoms with Crippen molar-refractivity contribution < 1.29 is 8.78 Å². The molecule has 1 aliphatic heterocycles. The average Bonchev–Trinajstić information content (AvgIpc) is 3.37. The third-order valence-corrected chi connectivity index (χ3v) is 5.15. The Morgan fingerprint density at radius 3 is 2.93 bits per heavy atom. The van der Waals surface area contributed by atoms with Crippen molar-refractivity contribution in [2.24, 2.45) is 0 Å². The standard InChI is InChI=1S/C19H18F2N6/c1-2-14-16(8-22-19(24-14)26-6-5-12(21)10-26)27-15-4-3-11(20)7-13(15)18-17(27)9-23-25-18/h3-4,7-9,12H,2,5-6,10H2,1H3,(H,23,25)/t12-/m1/s1. The Kier molecular flexibility index (Phi) is 3.60. The molecule has 1 aromatic carbocycles. The van der Waals surface area contributed by atoms with Crippen molar-refractivity contribution in [1.29, 1.82) is 0 Å². The van der Waals surface area contributed by atoms with Crippen molar-refractivity contribution >= 4 is 27.9 Å². The van der Waals surface area contributed by atoms with Crippen molar-refractivity contribution in [3.8, 4) is 5.69 Å². The van der Waals surface area contributed by atoms with Crippen molar-refractivity contribution in [2.45, 2.75) is 25.9 Å². The number of H-pyrrole nitrogens is 1. The zero-order valence-electron chi connectivity index (χ0n) is 14.8. The van der Waals surface area contributed by atoms with Crippen LogP contribution in [-0.4, -0.2) is 44.0 Å². The van der Waals surface area contributed by atoms with Crippen LogP contribution in [0.15, 0.2) is 30.6 Å². The summed E-state index contributed by atoms with van der Waals surface area (Å²) < 4.78 is 29.3. The molecule has 27 heavy (non-hydrogen) atoms. The first-order chi connectivity index (χ1) is 13.2. The molecule has 0 spiro atoms. The van der Waals surface area contributed by atoms with Gasteiger partial charge >= 0.3 is 0 Å². The number of hydrogen-bond donors (Lipinski definition) is 1. The molecule has 3 aromatic heterocycles. The molecule has 1 fully saturated rings. The lowest BCUT2D eigenvalue weighted by atomic mass is 10.2. The number of fused-ring (bicyclic) bond motifs is 3. The van der Waals surface area contributed by atoms with Gasteiger partial charge in [0.05, 0.1) is 46.9 Å². The van der Waals surface area contributed by atoms with Crippen LogP contribution in [0.5, 0.6) is 0 Å². The number of rotatable bonds is 3. The third kappa shape index (κ3) is 2.47. The van der Waals surface area contributed by atoms with E-state index >= 15 is 0 Å². The first kappa shape index (κ1) is 16.2.